The number of aliphatic hydroxyl groups is 2. The van der Waals surface area contributed by atoms with Crippen molar-refractivity contribution in [3.63, 3.8) is 0 Å². The number of rotatable bonds is 1. The molecule has 13 heavy (non-hydrogen) atoms. The molecule has 0 aliphatic heterocycles. The van der Waals surface area contributed by atoms with E-state index in [1.54, 1.807) is 0 Å². The van der Waals surface area contributed by atoms with Crippen LogP contribution in [0.5, 0.6) is 0 Å². The van der Waals surface area contributed by atoms with E-state index in [9.17, 15) is 4.79 Å². The number of aliphatic hydroxyl groups excluding tert-OH is 2. The monoisotopic (exact) mass is 188 g/mol. The zero-order valence-electron chi connectivity index (χ0n) is 7.52. The van der Waals surface area contributed by atoms with Crippen molar-refractivity contribution in [2.24, 2.45) is 0 Å². The van der Waals surface area contributed by atoms with Gasteiger partial charge in [0.2, 0.25) is 0 Å². The van der Waals surface area contributed by atoms with Crippen LogP contribution in [0.1, 0.15) is 25.7 Å². The first-order chi connectivity index (χ1) is 6.06. The molecule has 1 fully saturated rings. The van der Waals surface area contributed by atoms with Gasteiger partial charge in [-0.3, -0.25) is 0 Å². The van der Waals surface area contributed by atoms with Crippen LogP contribution in [0, 0.1) is 0 Å². The first-order valence-electron chi connectivity index (χ1n) is 4.27. The summed E-state index contributed by atoms with van der Waals surface area (Å²) in [5.74, 6) is -0.981. The summed E-state index contributed by atoms with van der Waals surface area (Å²) in [4.78, 5) is 9.25. The molecule has 0 bridgehead atoms. The van der Waals surface area contributed by atoms with Gasteiger partial charge in [0, 0.05) is 6.08 Å². The fourth-order valence-corrected chi connectivity index (χ4v) is 1.06. The van der Waals surface area contributed by atoms with Gasteiger partial charge in [0.25, 0.3) is 0 Å². The van der Waals surface area contributed by atoms with Crippen LogP contribution in [0.15, 0.2) is 12.7 Å². The molecule has 1 aliphatic rings. The lowest BCUT2D eigenvalue weighted by Gasteiger charge is -2.20. The molecule has 0 atom stereocenters. The minimum Gasteiger partial charge on any atom is -0.478 e. The summed E-state index contributed by atoms with van der Waals surface area (Å²) in [5, 5.41) is 25.4. The predicted octanol–water partition coefficient (Wildman–Crippen LogP) is 0.539. The Balaban J connectivity index is 0.000000252. The van der Waals surface area contributed by atoms with Gasteiger partial charge in [0.1, 0.15) is 0 Å². The number of hydrogen-bond donors (Lipinski definition) is 3. The van der Waals surface area contributed by atoms with Crippen molar-refractivity contribution in [2.75, 3.05) is 0 Å². The molecule has 0 amide bonds. The van der Waals surface area contributed by atoms with Crippen LogP contribution in [0.25, 0.3) is 0 Å². The molecule has 0 unspecified atom stereocenters. The summed E-state index contributed by atoms with van der Waals surface area (Å²) in [6, 6.07) is 0. The lowest BCUT2D eigenvalue weighted by atomic mass is 9.95. The van der Waals surface area contributed by atoms with E-state index in [-0.39, 0.29) is 12.2 Å². The number of carboxylic acid groups (broad SMARTS) is 1. The van der Waals surface area contributed by atoms with Crippen LogP contribution in [-0.2, 0) is 4.79 Å². The Labute approximate surface area is 77.5 Å². The Morgan fingerprint density at radius 2 is 1.38 bits per heavy atom. The van der Waals surface area contributed by atoms with Crippen molar-refractivity contribution < 1.29 is 20.1 Å². The molecule has 3 N–H and O–H groups in total. The van der Waals surface area contributed by atoms with Crippen LogP contribution in [-0.4, -0.2) is 33.5 Å². The first-order valence-corrected chi connectivity index (χ1v) is 4.27. The number of aliphatic carboxylic acids is 1. The highest BCUT2D eigenvalue weighted by atomic mass is 16.4. The molecule has 4 nitrogen and oxygen atoms in total. The van der Waals surface area contributed by atoms with Gasteiger partial charge in [-0.05, 0) is 25.7 Å². The van der Waals surface area contributed by atoms with Crippen molar-refractivity contribution in [2.45, 2.75) is 37.9 Å². The number of carboxylic acids is 1. The average Bonchev–Trinajstić information content (AvgIpc) is 2.11. The van der Waals surface area contributed by atoms with Gasteiger partial charge in [-0.1, -0.05) is 6.58 Å². The maximum absolute atomic E-state index is 9.25. The van der Waals surface area contributed by atoms with E-state index in [0.717, 1.165) is 31.8 Å². The second kappa shape index (κ2) is 6.62. The molecule has 0 radical (unpaired) electrons. The summed E-state index contributed by atoms with van der Waals surface area (Å²) >= 11 is 0. The molecule has 0 aromatic heterocycles. The highest BCUT2D eigenvalue weighted by molar-refractivity contribution is 5.78. The Hall–Kier alpha value is -0.870. The van der Waals surface area contributed by atoms with E-state index < -0.39 is 5.97 Å². The minimum absolute atomic E-state index is 0.140. The van der Waals surface area contributed by atoms with E-state index in [4.69, 9.17) is 15.3 Å². The van der Waals surface area contributed by atoms with Crippen LogP contribution in [0.3, 0.4) is 0 Å². The molecule has 4 heteroatoms. The summed E-state index contributed by atoms with van der Waals surface area (Å²) in [5.41, 5.74) is 0. The predicted molar refractivity (Wildman–Crippen MR) is 48.3 cm³/mol. The van der Waals surface area contributed by atoms with E-state index >= 15 is 0 Å². The van der Waals surface area contributed by atoms with Crippen molar-refractivity contribution >= 4 is 5.97 Å². The van der Waals surface area contributed by atoms with Gasteiger partial charge >= 0.3 is 5.97 Å². The second-order valence-corrected chi connectivity index (χ2v) is 3.00. The summed E-state index contributed by atoms with van der Waals surface area (Å²) < 4.78 is 0. The molecule has 1 aliphatic carbocycles. The second-order valence-electron chi connectivity index (χ2n) is 3.00. The Bertz CT molecular complexity index is 149. The van der Waals surface area contributed by atoms with Crippen LogP contribution in [0.2, 0.25) is 0 Å². The Kier molecular flexibility index (Phi) is 6.18. The van der Waals surface area contributed by atoms with Gasteiger partial charge in [0.15, 0.2) is 0 Å². The highest BCUT2D eigenvalue weighted by Gasteiger charge is 2.15. The molecule has 0 spiro atoms. The molecule has 1 rings (SSSR count). The van der Waals surface area contributed by atoms with E-state index in [1.807, 2.05) is 0 Å². The lowest BCUT2D eigenvalue weighted by Crippen LogP contribution is -2.21. The largest absolute Gasteiger partial charge is 0.478 e. The number of hydrogen-bond acceptors (Lipinski definition) is 3. The maximum atomic E-state index is 9.25. The SMILES string of the molecule is C=CC(=O)O.OC1CCC(O)CC1. The summed E-state index contributed by atoms with van der Waals surface area (Å²) in [7, 11) is 0. The first kappa shape index (κ1) is 12.1. The van der Waals surface area contributed by atoms with Gasteiger partial charge in [0.05, 0.1) is 12.2 Å². The molecule has 0 aromatic rings. The number of carbonyl (C=O) groups is 1. The lowest BCUT2D eigenvalue weighted by molar-refractivity contribution is -0.131. The van der Waals surface area contributed by atoms with E-state index in [1.165, 1.54) is 0 Å². The highest BCUT2D eigenvalue weighted by Crippen LogP contribution is 2.17. The van der Waals surface area contributed by atoms with Gasteiger partial charge in [-0.2, -0.15) is 0 Å². The average molecular weight is 188 g/mol. The zero-order chi connectivity index (χ0) is 10.3. The van der Waals surface area contributed by atoms with Crippen molar-refractivity contribution in [3.8, 4) is 0 Å². The normalized spacial score (nSPS) is 26.9. The molecular weight excluding hydrogens is 172 g/mol. The quantitative estimate of drug-likeness (QED) is 0.525. The Morgan fingerprint density at radius 3 is 1.54 bits per heavy atom. The van der Waals surface area contributed by atoms with E-state index in [2.05, 4.69) is 6.58 Å². The zero-order valence-corrected chi connectivity index (χ0v) is 7.52. The maximum Gasteiger partial charge on any atom is 0.327 e. The van der Waals surface area contributed by atoms with Crippen LogP contribution in [0.4, 0.5) is 0 Å². The van der Waals surface area contributed by atoms with E-state index in [0.29, 0.717) is 0 Å². The smallest absolute Gasteiger partial charge is 0.327 e. The third-order valence-corrected chi connectivity index (χ3v) is 1.84. The summed E-state index contributed by atoms with van der Waals surface area (Å²) in [6.07, 6.45) is 3.67. The van der Waals surface area contributed by atoms with Crippen LogP contribution >= 0.6 is 0 Å². The molecule has 0 saturated heterocycles. The topological polar surface area (TPSA) is 77.8 Å². The van der Waals surface area contributed by atoms with Crippen molar-refractivity contribution in [1.82, 2.24) is 0 Å². The van der Waals surface area contributed by atoms with Crippen LogP contribution < -0.4 is 0 Å². The minimum atomic E-state index is -0.981. The fraction of sp³-hybridized carbons (Fsp3) is 0.667. The standard InChI is InChI=1S/C6H12O2.C3H4O2/c7-5-1-2-6(8)4-3-5;1-2-3(4)5/h5-8H,1-4H2;2H,1H2,(H,4,5). The molecule has 0 heterocycles. The Morgan fingerprint density at radius 1 is 1.15 bits per heavy atom. The van der Waals surface area contributed by atoms with Gasteiger partial charge < -0.3 is 15.3 Å². The third kappa shape index (κ3) is 7.49. The molecular formula is C9H16O4. The summed E-state index contributed by atoms with van der Waals surface area (Å²) in [6.45, 7) is 2.96. The third-order valence-electron chi connectivity index (χ3n) is 1.84. The molecule has 1 saturated carbocycles. The van der Waals surface area contributed by atoms with Gasteiger partial charge in [-0.15, -0.1) is 0 Å². The van der Waals surface area contributed by atoms with Crippen molar-refractivity contribution in [1.29, 1.82) is 0 Å². The molecule has 76 valence electrons. The molecule has 0 aromatic carbocycles. The van der Waals surface area contributed by atoms with Gasteiger partial charge in [-0.25, -0.2) is 4.79 Å². The van der Waals surface area contributed by atoms with Crippen molar-refractivity contribution in [3.05, 3.63) is 12.7 Å². The fourth-order valence-electron chi connectivity index (χ4n) is 1.06.